The van der Waals surface area contributed by atoms with Crippen molar-refractivity contribution < 1.29 is 19.5 Å². The highest BCUT2D eigenvalue weighted by Crippen LogP contribution is 2.33. The van der Waals surface area contributed by atoms with Gasteiger partial charge in [-0.3, -0.25) is 9.80 Å². The summed E-state index contributed by atoms with van der Waals surface area (Å²) >= 11 is 0. The maximum Gasteiger partial charge on any atom is 0.327 e. The molecule has 2 heterocycles. The van der Waals surface area contributed by atoms with Gasteiger partial charge in [0.15, 0.2) is 5.84 Å². The van der Waals surface area contributed by atoms with Crippen molar-refractivity contribution in [1.29, 1.82) is 0 Å². The van der Waals surface area contributed by atoms with Crippen molar-refractivity contribution in [3.8, 4) is 5.75 Å². The van der Waals surface area contributed by atoms with E-state index in [0.717, 1.165) is 63.4 Å². The van der Waals surface area contributed by atoms with Gasteiger partial charge in [-0.05, 0) is 43.2 Å². The van der Waals surface area contributed by atoms with Crippen molar-refractivity contribution >= 4 is 17.5 Å². The van der Waals surface area contributed by atoms with E-state index in [2.05, 4.69) is 19.9 Å². The number of rotatable bonds is 7. The summed E-state index contributed by atoms with van der Waals surface area (Å²) in [5, 5.41) is 11.9. The molecule has 1 unspecified atom stereocenters. The van der Waals surface area contributed by atoms with E-state index in [1.54, 1.807) is 7.11 Å². The number of nitrogens with two attached hydrogens (primary N) is 1. The van der Waals surface area contributed by atoms with Crippen LogP contribution in [0.3, 0.4) is 0 Å². The third-order valence-corrected chi connectivity index (χ3v) is 7.19. The Morgan fingerprint density at radius 1 is 1.00 bits per heavy atom. The zero-order valence-electron chi connectivity index (χ0n) is 20.5. The standard InChI is InChI=1S/C26H35N5O4/c1-34-23-6-4-3-5-22(23)24(26(32)35-2)31-13-11-21(12-14-31)30-17-15-29(16-18-30)20-9-7-19(8-10-20)25(27)28-33/h3-10,21,24,33H,11-18H2,1-2H3,(H2,27,28). The van der Waals surface area contributed by atoms with Crippen LogP contribution in [0.2, 0.25) is 0 Å². The van der Waals surface area contributed by atoms with Crippen molar-refractivity contribution in [2.75, 3.05) is 58.4 Å². The molecule has 2 aromatic rings. The molecule has 2 saturated heterocycles. The van der Waals surface area contributed by atoms with E-state index in [0.29, 0.717) is 17.4 Å². The summed E-state index contributed by atoms with van der Waals surface area (Å²) < 4.78 is 10.7. The fraction of sp³-hybridized carbons (Fsp3) is 0.462. The first kappa shape index (κ1) is 24.8. The maximum atomic E-state index is 12.7. The van der Waals surface area contributed by atoms with E-state index in [4.69, 9.17) is 20.4 Å². The Kier molecular flexibility index (Phi) is 8.09. The number of para-hydroxylation sites is 1. The lowest BCUT2D eigenvalue weighted by atomic mass is 9.97. The van der Waals surface area contributed by atoms with Gasteiger partial charge in [0.1, 0.15) is 11.8 Å². The lowest BCUT2D eigenvalue weighted by Crippen LogP contribution is -2.54. The van der Waals surface area contributed by atoms with Crippen LogP contribution in [-0.4, -0.2) is 86.3 Å². The zero-order chi connectivity index (χ0) is 24.8. The number of methoxy groups -OCH3 is 2. The second-order valence-corrected chi connectivity index (χ2v) is 8.99. The summed E-state index contributed by atoms with van der Waals surface area (Å²) in [7, 11) is 3.08. The molecule has 9 nitrogen and oxygen atoms in total. The number of oxime groups is 1. The topological polar surface area (TPSA) is 104 Å². The van der Waals surface area contributed by atoms with Gasteiger partial charge in [-0.1, -0.05) is 23.4 Å². The lowest BCUT2D eigenvalue weighted by Gasteiger charge is -2.44. The van der Waals surface area contributed by atoms with Crippen LogP contribution >= 0.6 is 0 Å². The van der Waals surface area contributed by atoms with Gasteiger partial charge in [0.2, 0.25) is 0 Å². The summed E-state index contributed by atoms with van der Waals surface area (Å²) in [6, 6.07) is 15.5. The molecule has 0 radical (unpaired) electrons. The normalized spacial score (nSPS) is 19.4. The number of carbonyl (C=O) groups excluding carboxylic acids is 1. The number of piperidine rings is 1. The average molecular weight is 482 g/mol. The van der Waals surface area contributed by atoms with E-state index < -0.39 is 6.04 Å². The van der Waals surface area contributed by atoms with Crippen LogP contribution in [-0.2, 0) is 9.53 Å². The second-order valence-electron chi connectivity index (χ2n) is 8.99. The number of carbonyl (C=O) groups is 1. The SMILES string of the molecule is COC(=O)C(c1ccccc1OC)N1CCC(N2CCN(c3ccc(C(N)=NO)cc3)CC2)CC1. The monoisotopic (exact) mass is 481 g/mol. The number of piperazine rings is 1. The number of esters is 1. The maximum absolute atomic E-state index is 12.7. The number of anilines is 1. The Balaban J connectivity index is 1.34. The summed E-state index contributed by atoms with van der Waals surface area (Å²) in [5.41, 5.74) is 8.38. The number of hydrogen-bond acceptors (Lipinski definition) is 8. The zero-order valence-corrected chi connectivity index (χ0v) is 20.5. The molecule has 0 spiro atoms. The van der Waals surface area contributed by atoms with Crippen LogP contribution in [0.15, 0.2) is 53.7 Å². The van der Waals surface area contributed by atoms with Gasteiger partial charge in [0.05, 0.1) is 14.2 Å². The molecule has 0 aromatic heterocycles. The Morgan fingerprint density at radius 3 is 2.26 bits per heavy atom. The van der Waals surface area contributed by atoms with Gasteiger partial charge in [0.25, 0.3) is 0 Å². The summed E-state index contributed by atoms with van der Waals surface area (Å²) in [6.07, 6.45) is 2.02. The molecule has 2 aromatic carbocycles. The lowest BCUT2D eigenvalue weighted by molar-refractivity contribution is -0.148. The third-order valence-electron chi connectivity index (χ3n) is 7.19. The summed E-state index contributed by atoms with van der Waals surface area (Å²) in [4.78, 5) is 19.9. The minimum atomic E-state index is -0.457. The predicted molar refractivity (Wildman–Crippen MR) is 135 cm³/mol. The quantitative estimate of drug-likeness (QED) is 0.204. The Hall–Kier alpha value is -3.30. The highest BCUT2D eigenvalue weighted by molar-refractivity contribution is 5.97. The third kappa shape index (κ3) is 5.52. The van der Waals surface area contributed by atoms with Gasteiger partial charge < -0.3 is 25.3 Å². The Labute approximate surface area is 206 Å². The fourth-order valence-electron chi connectivity index (χ4n) is 5.23. The highest BCUT2D eigenvalue weighted by Gasteiger charge is 2.35. The number of hydrogen-bond donors (Lipinski definition) is 2. The first-order valence-corrected chi connectivity index (χ1v) is 12.1. The minimum Gasteiger partial charge on any atom is -0.496 e. The van der Waals surface area contributed by atoms with E-state index >= 15 is 0 Å². The van der Waals surface area contributed by atoms with Crippen LogP contribution in [0.1, 0.15) is 30.0 Å². The highest BCUT2D eigenvalue weighted by atomic mass is 16.5. The molecule has 0 amide bonds. The summed E-state index contributed by atoms with van der Waals surface area (Å²) in [6.45, 7) is 5.57. The molecule has 0 aliphatic carbocycles. The van der Waals surface area contributed by atoms with Crippen molar-refractivity contribution in [3.63, 3.8) is 0 Å². The van der Waals surface area contributed by atoms with E-state index in [1.807, 2.05) is 48.5 Å². The Bertz CT molecular complexity index is 1010. The molecule has 2 fully saturated rings. The first-order chi connectivity index (χ1) is 17.0. The van der Waals surface area contributed by atoms with Gasteiger partial charge in [-0.25, -0.2) is 4.79 Å². The van der Waals surface area contributed by atoms with Crippen LogP contribution in [0.4, 0.5) is 5.69 Å². The largest absolute Gasteiger partial charge is 0.496 e. The predicted octanol–water partition coefficient (Wildman–Crippen LogP) is 2.29. The molecule has 2 aliphatic heterocycles. The minimum absolute atomic E-state index is 0.118. The molecular formula is C26H35N5O4. The van der Waals surface area contributed by atoms with Gasteiger partial charge in [0, 0.05) is 62.1 Å². The second kappa shape index (κ2) is 11.4. The van der Waals surface area contributed by atoms with E-state index in [1.165, 1.54) is 7.11 Å². The van der Waals surface area contributed by atoms with Crippen LogP contribution in [0.25, 0.3) is 0 Å². The van der Waals surface area contributed by atoms with Crippen LogP contribution in [0.5, 0.6) is 5.75 Å². The van der Waals surface area contributed by atoms with Crippen molar-refractivity contribution in [2.45, 2.75) is 24.9 Å². The first-order valence-electron chi connectivity index (χ1n) is 12.1. The van der Waals surface area contributed by atoms with Crippen LogP contribution in [0, 0.1) is 0 Å². The Morgan fingerprint density at radius 2 is 1.66 bits per heavy atom. The van der Waals surface area contributed by atoms with Crippen LogP contribution < -0.4 is 15.4 Å². The molecule has 9 heteroatoms. The summed E-state index contributed by atoms with van der Waals surface area (Å²) in [5.74, 6) is 0.577. The molecule has 1 atom stereocenters. The molecule has 188 valence electrons. The van der Waals surface area contributed by atoms with Gasteiger partial charge in [-0.15, -0.1) is 0 Å². The number of likely N-dealkylation sites (tertiary alicyclic amines) is 1. The van der Waals surface area contributed by atoms with E-state index in [-0.39, 0.29) is 11.8 Å². The van der Waals surface area contributed by atoms with E-state index in [9.17, 15) is 4.79 Å². The smallest absolute Gasteiger partial charge is 0.327 e. The van der Waals surface area contributed by atoms with Gasteiger partial charge >= 0.3 is 5.97 Å². The fourth-order valence-corrected chi connectivity index (χ4v) is 5.23. The van der Waals surface area contributed by atoms with Gasteiger partial charge in [-0.2, -0.15) is 0 Å². The average Bonchev–Trinajstić information content (AvgIpc) is 2.93. The van der Waals surface area contributed by atoms with Crippen molar-refractivity contribution in [3.05, 3.63) is 59.7 Å². The molecule has 0 bridgehead atoms. The van der Waals surface area contributed by atoms with Crippen molar-refractivity contribution in [2.24, 2.45) is 10.9 Å². The molecular weight excluding hydrogens is 446 g/mol. The molecule has 4 rings (SSSR count). The van der Waals surface area contributed by atoms with Crippen molar-refractivity contribution in [1.82, 2.24) is 9.80 Å². The number of amidine groups is 1. The molecule has 0 saturated carbocycles. The number of benzene rings is 2. The number of nitrogens with zero attached hydrogens (tertiary/aromatic N) is 4. The molecule has 3 N–H and O–H groups in total. The molecule has 35 heavy (non-hydrogen) atoms. The molecule has 2 aliphatic rings. The number of ether oxygens (including phenoxy) is 2.